The molecular formula is C22H20O4S. The lowest BCUT2D eigenvalue weighted by molar-refractivity contribution is 0.301. The lowest BCUT2D eigenvalue weighted by atomic mass is 10.0. The summed E-state index contributed by atoms with van der Waals surface area (Å²) in [5.41, 5.74) is 4.39. The van der Waals surface area contributed by atoms with Crippen LogP contribution in [0.4, 0.5) is 0 Å². The average molecular weight is 380 g/mol. The van der Waals surface area contributed by atoms with E-state index in [1.807, 2.05) is 48.5 Å². The second-order valence-corrected chi connectivity index (χ2v) is 7.48. The van der Waals surface area contributed by atoms with E-state index >= 15 is 0 Å². The van der Waals surface area contributed by atoms with E-state index in [4.69, 9.17) is 14.0 Å². The summed E-state index contributed by atoms with van der Waals surface area (Å²) in [6.07, 6.45) is 0. The van der Waals surface area contributed by atoms with E-state index in [0.717, 1.165) is 33.8 Å². The smallest absolute Gasteiger partial charge is 0.153 e. The molecule has 0 bridgehead atoms. The molecule has 2 unspecified atom stereocenters. The zero-order valence-corrected chi connectivity index (χ0v) is 15.5. The molecule has 2 atom stereocenters. The van der Waals surface area contributed by atoms with Crippen molar-refractivity contribution in [1.29, 1.82) is 0 Å². The highest BCUT2D eigenvalue weighted by molar-refractivity contribution is 7.79. The van der Waals surface area contributed by atoms with Gasteiger partial charge in [0.15, 0.2) is 11.1 Å². The van der Waals surface area contributed by atoms with E-state index in [9.17, 15) is 4.21 Å². The first-order valence-corrected chi connectivity index (χ1v) is 10.1. The minimum atomic E-state index is -1.83. The summed E-state index contributed by atoms with van der Waals surface area (Å²) in [7, 11) is 0. The standard InChI is InChI=1S/C22H20O4S/c23-27(24)15-18-14-26-22-12-19(10-11-21(18)22)25-13-17-8-4-5-9-20(17)16-6-2-1-3-7-16/h1-12,18H,13-15H2,(H,23,24). The van der Waals surface area contributed by atoms with Gasteiger partial charge in [-0.15, -0.1) is 0 Å². The number of hydrogen-bond acceptors (Lipinski definition) is 3. The van der Waals surface area contributed by atoms with Gasteiger partial charge < -0.3 is 14.0 Å². The molecule has 1 N–H and O–H groups in total. The molecule has 3 aromatic carbocycles. The van der Waals surface area contributed by atoms with Gasteiger partial charge in [0.25, 0.3) is 0 Å². The largest absolute Gasteiger partial charge is 0.492 e. The predicted molar refractivity (Wildman–Crippen MR) is 107 cm³/mol. The Kier molecular flexibility index (Phi) is 5.23. The Morgan fingerprint density at radius 3 is 2.63 bits per heavy atom. The van der Waals surface area contributed by atoms with Crippen molar-refractivity contribution in [3.05, 3.63) is 83.9 Å². The summed E-state index contributed by atoms with van der Waals surface area (Å²) in [4.78, 5) is 0. The lowest BCUT2D eigenvalue weighted by Crippen LogP contribution is -2.10. The van der Waals surface area contributed by atoms with Crippen molar-refractivity contribution in [1.82, 2.24) is 0 Å². The van der Waals surface area contributed by atoms with Crippen molar-refractivity contribution in [2.75, 3.05) is 12.4 Å². The van der Waals surface area contributed by atoms with Gasteiger partial charge in [0.2, 0.25) is 0 Å². The highest BCUT2D eigenvalue weighted by Gasteiger charge is 2.26. The molecule has 0 fully saturated rings. The maximum Gasteiger partial charge on any atom is 0.153 e. The first-order chi connectivity index (χ1) is 13.2. The molecule has 4 rings (SSSR count). The molecule has 138 valence electrons. The topological polar surface area (TPSA) is 55.8 Å². The van der Waals surface area contributed by atoms with E-state index in [1.54, 1.807) is 0 Å². The zero-order chi connectivity index (χ0) is 18.6. The Labute approximate surface area is 161 Å². The van der Waals surface area contributed by atoms with Gasteiger partial charge in [-0.25, -0.2) is 4.21 Å². The summed E-state index contributed by atoms with van der Waals surface area (Å²) in [6, 6.07) is 24.1. The number of fused-ring (bicyclic) bond motifs is 1. The van der Waals surface area contributed by atoms with Crippen LogP contribution in [0.15, 0.2) is 72.8 Å². The van der Waals surface area contributed by atoms with E-state index in [-0.39, 0.29) is 11.7 Å². The molecular weight excluding hydrogens is 360 g/mol. The molecule has 1 aliphatic rings. The van der Waals surface area contributed by atoms with Crippen LogP contribution in [0.5, 0.6) is 11.5 Å². The van der Waals surface area contributed by atoms with Gasteiger partial charge in [0.1, 0.15) is 18.1 Å². The number of benzene rings is 3. The van der Waals surface area contributed by atoms with Crippen LogP contribution in [0.25, 0.3) is 11.1 Å². The molecule has 0 aliphatic carbocycles. The summed E-state index contributed by atoms with van der Waals surface area (Å²) in [5.74, 6) is 1.61. The number of ether oxygens (including phenoxy) is 2. The van der Waals surface area contributed by atoms with Crippen LogP contribution in [0.3, 0.4) is 0 Å². The monoisotopic (exact) mass is 380 g/mol. The summed E-state index contributed by atoms with van der Waals surface area (Å²) in [6.45, 7) is 0.885. The Hall–Kier alpha value is -2.63. The predicted octanol–water partition coefficient (Wildman–Crippen LogP) is 4.63. The molecule has 0 aromatic heterocycles. The Balaban J connectivity index is 1.50. The Morgan fingerprint density at radius 2 is 1.81 bits per heavy atom. The molecule has 4 nitrogen and oxygen atoms in total. The third-order valence-electron chi connectivity index (χ3n) is 4.71. The molecule has 27 heavy (non-hydrogen) atoms. The molecule has 0 radical (unpaired) electrons. The third kappa shape index (κ3) is 4.04. The third-order valence-corrected chi connectivity index (χ3v) is 5.39. The summed E-state index contributed by atoms with van der Waals surface area (Å²) >= 11 is -1.83. The van der Waals surface area contributed by atoms with Gasteiger partial charge in [-0.2, -0.15) is 0 Å². The highest BCUT2D eigenvalue weighted by atomic mass is 32.2. The minimum Gasteiger partial charge on any atom is -0.492 e. The minimum absolute atomic E-state index is 0.0429. The van der Waals surface area contributed by atoms with Crippen molar-refractivity contribution in [3.63, 3.8) is 0 Å². The summed E-state index contributed by atoms with van der Waals surface area (Å²) in [5, 5.41) is 0. The SMILES string of the molecule is O=S(O)CC1COc2cc(OCc3ccccc3-c3ccccc3)ccc21. The molecule has 0 saturated heterocycles. The van der Waals surface area contributed by atoms with Gasteiger partial charge >= 0.3 is 0 Å². The molecule has 0 amide bonds. The van der Waals surface area contributed by atoms with Crippen molar-refractivity contribution >= 4 is 11.1 Å². The molecule has 1 aliphatic heterocycles. The fourth-order valence-electron chi connectivity index (χ4n) is 3.36. The lowest BCUT2D eigenvalue weighted by Gasteiger charge is -2.12. The second-order valence-electron chi connectivity index (χ2n) is 6.51. The van der Waals surface area contributed by atoms with Crippen molar-refractivity contribution in [2.45, 2.75) is 12.5 Å². The van der Waals surface area contributed by atoms with Crippen LogP contribution in [0.1, 0.15) is 17.0 Å². The molecule has 0 spiro atoms. The van der Waals surface area contributed by atoms with Gasteiger partial charge in [-0.1, -0.05) is 60.7 Å². The quantitative estimate of drug-likeness (QED) is 0.634. The normalized spacial score (nSPS) is 16.4. The van der Waals surface area contributed by atoms with Crippen molar-refractivity contribution in [2.24, 2.45) is 0 Å². The van der Waals surface area contributed by atoms with Crippen LogP contribution in [-0.2, 0) is 17.7 Å². The summed E-state index contributed by atoms with van der Waals surface area (Å²) < 4.78 is 31.9. The molecule has 0 saturated carbocycles. The molecule has 5 heteroatoms. The fourth-order valence-corrected chi connectivity index (χ4v) is 3.98. The Bertz CT molecular complexity index is 956. The van der Waals surface area contributed by atoms with Gasteiger partial charge in [-0.05, 0) is 22.8 Å². The zero-order valence-electron chi connectivity index (χ0n) is 14.7. The maximum absolute atomic E-state index is 11.1. The second kappa shape index (κ2) is 7.94. The van der Waals surface area contributed by atoms with Crippen LogP contribution in [0, 0.1) is 0 Å². The molecule has 1 heterocycles. The van der Waals surface area contributed by atoms with Crippen LogP contribution in [-0.4, -0.2) is 21.1 Å². The average Bonchev–Trinajstić information content (AvgIpc) is 3.09. The van der Waals surface area contributed by atoms with E-state index < -0.39 is 11.1 Å². The van der Waals surface area contributed by atoms with Crippen LogP contribution >= 0.6 is 0 Å². The fraction of sp³-hybridized carbons (Fsp3) is 0.182. The first kappa shape index (κ1) is 17.8. The van der Waals surface area contributed by atoms with E-state index in [0.29, 0.717) is 13.2 Å². The van der Waals surface area contributed by atoms with Crippen molar-refractivity contribution in [3.8, 4) is 22.6 Å². The van der Waals surface area contributed by atoms with E-state index in [2.05, 4.69) is 24.3 Å². The number of rotatable bonds is 6. The number of hydrogen-bond donors (Lipinski definition) is 1. The first-order valence-electron chi connectivity index (χ1n) is 8.81. The van der Waals surface area contributed by atoms with Crippen LogP contribution < -0.4 is 9.47 Å². The molecule has 3 aromatic rings. The van der Waals surface area contributed by atoms with Crippen molar-refractivity contribution < 1.29 is 18.2 Å². The van der Waals surface area contributed by atoms with Gasteiger partial charge in [0, 0.05) is 17.5 Å². The maximum atomic E-state index is 11.1. The van der Waals surface area contributed by atoms with Gasteiger partial charge in [-0.3, -0.25) is 0 Å². The van der Waals surface area contributed by atoms with Crippen LogP contribution in [0.2, 0.25) is 0 Å². The van der Waals surface area contributed by atoms with E-state index in [1.165, 1.54) is 0 Å². The highest BCUT2D eigenvalue weighted by Crippen LogP contribution is 2.37. The Morgan fingerprint density at radius 1 is 1.04 bits per heavy atom. The van der Waals surface area contributed by atoms with Gasteiger partial charge in [0.05, 0.1) is 12.4 Å².